The third kappa shape index (κ3) is 8.47. The Hall–Kier alpha value is -1.47. The van der Waals surface area contributed by atoms with Gasteiger partial charge in [0.2, 0.25) is 5.91 Å². The van der Waals surface area contributed by atoms with Crippen LogP contribution in [0, 0.1) is 5.92 Å². The molecule has 7 atom stereocenters. The SMILES string of the molecule is CC.CC(/C=C/C1CC2(CCO1)CO2)=C\CC1OC(C)C(NC(=O)/C=C\C(C)O)CC1C. The molecule has 0 saturated carbocycles. The third-order valence-corrected chi connectivity index (χ3v) is 6.33. The minimum Gasteiger partial charge on any atom is -0.389 e. The molecule has 7 unspecified atom stereocenters. The Morgan fingerprint density at radius 2 is 2.00 bits per heavy atom. The van der Waals surface area contributed by atoms with Crippen LogP contribution in [0.4, 0.5) is 0 Å². The lowest BCUT2D eigenvalue weighted by atomic mass is 9.88. The van der Waals surface area contributed by atoms with Crippen LogP contribution >= 0.6 is 0 Å². The van der Waals surface area contributed by atoms with Crippen molar-refractivity contribution in [2.75, 3.05) is 13.2 Å². The number of hydrogen-bond acceptors (Lipinski definition) is 5. The maximum absolute atomic E-state index is 12.0. The number of amides is 1. The first kappa shape index (κ1) is 26.8. The van der Waals surface area contributed by atoms with E-state index in [0.29, 0.717) is 5.92 Å². The number of rotatable bonds is 7. The first-order valence-corrected chi connectivity index (χ1v) is 12.2. The first-order chi connectivity index (χ1) is 15.3. The van der Waals surface area contributed by atoms with E-state index in [9.17, 15) is 9.90 Å². The van der Waals surface area contributed by atoms with Crippen LogP contribution in [-0.2, 0) is 19.0 Å². The van der Waals surface area contributed by atoms with Gasteiger partial charge in [-0.1, -0.05) is 50.6 Å². The van der Waals surface area contributed by atoms with Crippen LogP contribution in [-0.4, -0.2) is 60.3 Å². The second-order valence-electron chi connectivity index (χ2n) is 9.19. The van der Waals surface area contributed by atoms with Gasteiger partial charge in [-0.05, 0) is 39.5 Å². The molecule has 0 radical (unpaired) electrons. The zero-order valence-corrected chi connectivity index (χ0v) is 20.7. The smallest absolute Gasteiger partial charge is 0.244 e. The van der Waals surface area contributed by atoms with Crippen molar-refractivity contribution in [1.82, 2.24) is 5.32 Å². The number of nitrogens with one attached hydrogen (secondary N) is 1. The molecule has 0 bridgehead atoms. The molecule has 3 fully saturated rings. The van der Waals surface area contributed by atoms with E-state index >= 15 is 0 Å². The Balaban J connectivity index is 0.00000176. The molecule has 3 aliphatic rings. The molecule has 6 nitrogen and oxygen atoms in total. The summed E-state index contributed by atoms with van der Waals surface area (Å²) in [7, 11) is 0. The number of hydrogen-bond donors (Lipinski definition) is 2. The Labute approximate surface area is 194 Å². The molecule has 1 amide bonds. The lowest BCUT2D eigenvalue weighted by Crippen LogP contribution is -2.50. The minimum absolute atomic E-state index is 0.0206. The second kappa shape index (κ2) is 12.7. The van der Waals surface area contributed by atoms with Gasteiger partial charge in [0.15, 0.2) is 0 Å². The van der Waals surface area contributed by atoms with Gasteiger partial charge in [-0.25, -0.2) is 0 Å². The molecule has 3 rings (SSSR count). The molecule has 1 spiro atoms. The molecule has 32 heavy (non-hydrogen) atoms. The van der Waals surface area contributed by atoms with Crippen LogP contribution in [0.15, 0.2) is 36.0 Å². The van der Waals surface area contributed by atoms with Crippen LogP contribution in [0.5, 0.6) is 0 Å². The van der Waals surface area contributed by atoms with Crippen LogP contribution < -0.4 is 5.32 Å². The predicted octanol–water partition coefficient (Wildman–Crippen LogP) is 4.09. The fraction of sp³-hybridized carbons (Fsp3) is 0.731. The standard InChI is InChI=1S/C24H37NO5.C2H6/c1-16(5-8-20-14-24(15-29-24)11-12-28-20)6-9-22-17(2)13-21(19(4)30-22)25-23(27)10-7-18(3)26;1-2/h5-8,10,17-22,26H,9,11-15H2,1-4H3,(H,25,27);1-2H3/b8-5+,10-7-,16-6+;. The fourth-order valence-electron chi connectivity index (χ4n) is 4.21. The average Bonchev–Trinajstić information content (AvgIpc) is 3.51. The maximum atomic E-state index is 12.0. The van der Waals surface area contributed by atoms with Crippen molar-refractivity contribution in [1.29, 1.82) is 0 Å². The van der Waals surface area contributed by atoms with Gasteiger partial charge in [-0.2, -0.15) is 0 Å². The van der Waals surface area contributed by atoms with Crippen LogP contribution in [0.3, 0.4) is 0 Å². The molecule has 182 valence electrons. The highest BCUT2D eigenvalue weighted by molar-refractivity contribution is 5.87. The second-order valence-corrected chi connectivity index (χ2v) is 9.19. The summed E-state index contributed by atoms with van der Waals surface area (Å²) in [6.45, 7) is 13.6. The van der Waals surface area contributed by atoms with E-state index in [1.54, 1.807) is 6.92 Å². The first-order valence-electron chi connectivity index (χ1n) is 12.2. The Morgan fingerprint density at radius 1 is 1.28 bits per heavy atom. The number of aliphatic hydroxyl groups is 1. The average molecular weight is 450 g/mol. The third-order valence-electron chi connectivity index (χ3n) is 6.33. The van der Waals surface area contributed by atoms with Crippen molar-refractivity contribution < 1.29 is 24.1 Å². The molecule has 0 aromatic heterocycles. The van der Waals surface area contributed by atoms with Gasteiger partial charge < -0.3 is 24.6 Å². The Morgan fingerprint density at radius 3 is 2.66 bits per heavy atom. The number of carbonyl (C=O) groups excluding carboxylic acids is 1. The summed E-state index contributed by atoms with van der Waals surface area (Å²) >= 11 is 0. The lowest BCUT2D eigenvalue weighted by Gasteiger charge is -2.39. The number of epoxide rings is 1. The van der Waals surface area contributed by atoms with E-state index in [4.69, 9.17) is 14.2 Å². The van der Waals surface area contributed by atoms with Gasteiger partial charge in [0.05, 0.1) is 49.3 Å². The minimum atomic E-state index is -0.629. The topological polar surface area (TPSA) is 80.3 Å². The molecular weight excluding hydrogens is 406 g/mol. The van der Waals surface area contributed by atoms with Gasteiger partial charge in [-0.3, -0.25) is 4.79 Å². The predicted molar refractivity (Wildman–Crippen MR) is 127 cm³/mol. The lowest BCUT2D eigenvalue weighted by molar-refractivity contribution is -0.123. The summed E-state index contributed by atoms with van der Waals surface area (Å²) in [5.74, 6) is 0.153. The van der Waals surface area contributed by atoms with Crippen molar-refractivity contribution in [2.45, 2.75) is 103 Å². The molecule has 3 aliphatic heterocycles. The molecule has 0 aromatic rings. The Kier molecular flexibility index (Phi) is 10.6. The largest absolute Gasteiger partial charge is 0.389 e. The van der Waals surface area contributed by atoms with E-state index in [2.05, 4.69) is 37.4 Å². The van der Waals surface area contributed by atoms with Crippen molar-refractivity contribution in [3.8, 4) is 0 Å². The zero-order chi connectivity index (χ0) is 23.7. The van der Waals surface area contributed by atoms with E-state index in [-0.39, 0.29) is 35.9 Å². The number of ether oxygens (including phenoxy) is 3. The van der Waals surface area contributed by atoms with Crippen molar-refractivity contribution >= 4 is 5.91 Å². The van der Waals surface area contributed by atoms with Gasteiger partial charge in [0, 0.05) is 18.9 Å². The Bertz CT molecular complexity index is 680. The molecule has 6 heteroatoms. The molecule has 2 N–H and O–H groups in total. The molecule has 0 aromatic carbocycles. The summed E-state index contributed by atoms with van der Waals surface area (Å²) in [5, 5.41) is 12.3. The van der Waals surface area contributed by atoms with Gasteiger partial charge in [-0.15, -0.1) is 0 Å². The van der Waals surface area contributed by atoms with Crippen LogP contribution in [0.25, 0.3) is 0 Å². The van der Waals surface area contributed by atoms with E-state index in [1.807, 2.05) is 20.8 Å². The summed E-state index contributed by atoms with van der Waals surface area (Å²) in [4.78, 5) is 12.0. The highest BCUT2D eigenvalue weighted by atomic mass is 16.6. The number of aliphatic hydroxyl groups excluding tert-OH is 1. The van der Waals surface area contributed by atoms with Crippen LogP contribution in [0.1, 0.15) is 67.2 Å². The summed E-state index contributed by atoms with van der Waals surface area (Å²) in [6.07, 6.45) is 12.7. The monoisotopic (exact) mass is 449 g/mol. The molecule has 3 saturated heterocycles. The summed E-state index contributed by atoms with van der Waals surface area (Å²) in [5.41, 5.74) is 1.31. The zero-order valence-electron chi connectivity index (χ0n) is 20.7. The van der Waals surface area contributed by atoms with Crippen molar-refractivity contribution in [3.63, 3.8) is 0 Å². The van der Waals surface area contributed by atoms with E-state index in [0.717, 1.165) is 38.9 Å². The molecule has 3 heterocycles. The summed E-state index contributed by atoms with van der Waals surface area (Å²) in [6, 6.07) is -0.0206. The van der Waals surface area contributed by atoms with Gasteiger partial charge in [0.25, 0.3) is 0 Å². The number of carbonyl (C=O) groups is 1. The van der Waals surface area contributed by atoms with Crippen LogP contribution in [0.2, 0.25) is 0 Å². The number of allylic oxidation sites excluding steroid dienone is 2. The fourth-order valence-corrected chi connectivity index (χ4v) is 4.21. The summed E-state index contributed by atoms with van der Waals surface area (Å²) < 4.78 is 17.6. The van der Waals surface area contributed by atoms with Crippen molar-refractivity contribution in [3.05, 3.63) is 36.0 Å². The molecule has 0 aliphatic carbocycles. The van der Waals surface area contributed by atoms with Crippen molar-refractivity contribution in [2.24, 2.45) is 5.92 Å². The van der Waals surface area contributed by atoms with Gasteiger partial charge in [0.1, 0.15) is 0 Å². The highest BCUT2D eigenvalue weighted by Crippen LogP contribution is 2.39. The quantitative estimate of drug-likeness (QED) is 0.348. The maximum Gasteiger partial charge on any atom is 0.244 e. The normalized spacial score (nSPS) is 36.1. The van der Waals surface area contributed by atoms with Gasteiger partial charge >= 0.3 is 0 Å². The van der Waals surface area contributed by atoms with E-state index in [1.165, 1.54) is 17.7 Å². The van der Waals surface area contributed by atoms with E-state index < -0.39 is 6.10 Å². The molecular formula is C26H43NO5. The highest BCUT2D eigenvalue weighted by Gasteiger charge is 2.48.